The number of carbonyl (C=O) groups excluding carboxylic acids is 2. The molecule has 0 aromatic heterocycles. The summed E-state index contributed by atoms with van der Waals surface area (Å²) in [5.41, 5.74) is 2.58. The van der Waals surface area contributed by atoms with E-state index >= 15 is 0 Å². The Bertz CT molecular complexity index is 1150. The van der Waals surface area contributed by atoms with Gasteiger partial charge in [0.05, 0.1) is 5.75 Å². The van der Waals surface area contributed by atoms with Crippen molar-refractivity contribution < 1.29 is 14.0 Å². The lowest BCUT2D eigenvalue weighted by Gasteiger charge is -2.32. The van der Waals surface area contributed by atoms with E-state index in [9.17, 15) is 14.0 Å². The molecule has 190 valence electrons. The molecule has 1 atom stereocenters. The molecular formula is C28H29Cl2FN2O2S. The standard InChI is InChI=1S/C28H29Cl2FN2O2S/c1-2-14-32-28(35)26(15-20-6-4-3-5-7-20)33(17-22-10-11-23(29)16-25(22)30)27(34)19-36-18-21-8-12-24(31)13-9-21/h3-13,16,26H,2,14-15,17-19H2,1H3,(H,32,35). The van der Waals surface area contributed by atoms with E-state index < -0.39 is 6.04 Å². The third-order valence-electron chi connectivity index (χ3n) is 5.58. The number of hydrogen-bond acceptors (Lipinski definition) is 3. The topological polar surface area (TPSA) is 49.4 Å². The minimum absolute atomic E-state index is 0.162. The van der Waals surface area contributed by atoms with Gasteiger partial charge in [-0.25, -0.2) is 4.39 Å². The van der Waals surface area contributed by atoms with Gasteiger partial charge in [-0.3, -0.25) is 9.59 Å². The predicted octanol–water partition coefficient (Wildman–Crippen LogP) is 6.53. The molecule has 3 rings (SSSR count). The van der Waals surface area contributed by atoms with Crippen LogP contribution in [0.4, 0.5) is 4.39 Å². The van der Waals surface area contributed by atoms with Crippen molar-refractivity contribution in [1.29, 1.82) is 0 Å². The smallest absolute Gasteiger partial charge is 0.243 e. The number of nitrogens with one attached hydrogen (secondary N) is 1. The highest BCUT2D eigenvalue weighted by Crippen LogP contribution is 2.25. The Labute approximate surface area is 226 Å². The molecule has 0 heterocycles. The molecule has 0 radical (unpaired) electrons. The Morgan fingerprint density at radius 1 is 1.00 bits per heavy atom. The van der Waals surface area contributed by atoms with Crippen molar-refractivity contribution in [2.45, 2.75) is 38.1 Å². The molecule has 8 heteroatoms. The van der Waals surface area contributed by atoms with Crippen molar-refractivity contribution in [3.63, 3.8) is 0 Å². The van der Waals surface area contributed by atoms with E-state index in [0.717, 1.165) is 17.5 Å². The van der Waals surface area contributed by atoms with Crippen LogP contribution in [-0.4, -0.2) is 35.1 Å². The van der Waals surface area contributed by atoms with E-state index in [-0.39, 0.29) is 29.9 Å². The van der Waals surface area contributed by atoms with Gasteiger partial charge in [-0.15, -0.1) is 11.8 Å². The first kappa shape index (κ1) is 28.0. The van der Waals surface area contributed by atoms with Crippen LogP contribution in [0.1, 0.15) is 30.0 Å². The van der Waals surface area contributed by atoms with Crippen molar-refractivity contribution in [2.75, 3.05) is 12.3 Å². The fourth-order valence-electron chi connectivity index (χ4n) is 3.67. The van der Waals surface area contributed by atoms with Gasteiger partial charge in [0.25, 0.3) is 0 Å². The number of nitrogens with zero attached hydrogens (tertiary/aromatic N) is 1. The third-order valence-corrected chi connectivity index (χ3v) is 7.16. The SMILES string of the molecule is CCCNC(=O)C(Cc1ccccc1)N(Cc1ccc(Cl)cc1Cl)C(=O)CSCc1ccc(F)cc1. The first-order valence-electron chi connectivity index (χ1n) is 11.7. The Kier molecular flexibility index (Phi) is 11.1. The minimum Gasteiger partial charge on any atom is -0.354 e. The summed E-state index contributed by atoms with van der Waals surface area (Å²) in [6.07, 6.45) is 1.16. The number of benzene rings is 3. The Balaban J connectivity index is 1.85. The Morgan fingerprint density at radius 3 is 2.39 bits per heavy atom. The van der Waals surface area contributed by atoms with E-state index in [4.69, 9.17) is 23.2 Å². The fraction of sp³-hybridized carbons (Fsp3) is 0.286. The van der Waals surface area contributed by atoms with Gasteiger partial charge in [0.2, 0.25) is 11.8 Å². The van der Waals surface area contributed by atoms with E-state index in [1.165, 1.54) is 23.9 Å². The molecule has 2 amide bonds. The van der Waals surface area contributed by atoms with Crippen LogP contribution in [0.15, 0.2) is 72.8 Å². The van der Waals surface area contributed by atoms with E-state index in [0.29, 0.717) is 34.3 Å². The molecule has 3 aromatic rings. The molecule has 0 aliphatic rings. The van der Waals surface area contributed by atoms with Gasteiger partial charge in [0.15, 0.2) is 0 Å². The summed E-state index contributed by atoms with van der Waals surface area (Å²) in [4.78, 5) is 28.5. The number of carbonyl (C=O) groups is 2. The monoisotopic (exact) mass is 546 g/mol. The van der Waals surface area contributed by atoms with E-state index in [1.807, 2.05) is 37.3 Å². The van der Waals surface area contributed by atoms with Gasteiger partial charge in [0, 0.05) is 35.3 Å². The average molecular weight is 548 g/mol. The lowest BCUT2D eigenvalue weighted by atomic mass is 10.0. The summed E-state index contributed by atoms with van der Waals surface area (Å²) in [6, 6.07) is 20.3. The average Bonchev–Trinajstić information content (AvgIpc) is 2.87. The summed E-state index contributed by atoms with van der Waals surface area (Å²) in [5.74, 6) is 0.0260. The van der Waals surface area contributed by atoms with Crippen molar-refractivity contribution in [1.82, 2.24) is 10.2 Å². The molecule has 0 fully saturated rings. The summed E-state index contributed by atoms with van der Waals surface area (Å²) < 4.78 is 13.2. The summed E-state index contributed by atoms with van der Waals surface area (Å²) in [6.45, 7) is 2.67. The summed E-state index contributed by atoms with van der Waals surface area (Å²) in [7, 11) is 0. The zero-order valence-electron chi connectivity index (χ0n) is 20.1. The van der Waals surface area contributed by atoms with Crippen molar-refractivity contribution in [3.8, 4) is 0 Å². The molecule has 0 aliphatic heterocycles. The molecular weight excluding hydrogens is 518 g/mol. The van der Waals surface area contributed by atoms with Crippen LogP contribution in [0.2, 0.25) is 10.0 Å². The number of halogens is 3. The maximum atomic E-state index is 13.6. The molecule has 3 aromatic carbocycles. The predicted molar refractivity (Wildman–Crippen MR) is 147 cm³/mol. The maximum absolute atomic E-state index is 13.6. The van der Waals surface area contributed by atoms with Crippen molar-refractivity contribution in [2.24, 2.45) is 0 Å². The highest BCUT2D eigenvalue weighted by Gasteiger charge is 2.30. The molecule has 0 bridgehead atoms. The van der Waals surface area contributed by atoms with Gasteiger partial charge in [-0.1, -0.05) is 78.7 Å². The molecule has 0 saturated carbocycles. The molecule has 0 saturated heterocycles. The fourth-order valence-corrected chi connectivity index (χ4v) is 5.01. The number of hydrogen-bond donors (Lipinski definition) is 1. The van der Waals surface area contributed by atoms with Gasteiger partial charge < -0.3 is 10.2 Å². The van der Waals surface area contributed by atoms with Gasteiger partial charge >= 0.3 is 0 Å². The van der Waals surface area contributed by atoms with Gasteiger partial charge in [-0.05, 0) is 47.4 Å². The zero-order valence-corrected chi connectivity index (χ0v) is 22.4. The summed E-state index contributed by atoms with van der Waals surface area (Å²) >= 11 is 13.9. The van der Waals surface area contributed by atoms with Crippen molar-refractivity contribution >= 4 is 46.8 Å². The van der Waals surface area contributed by atoms with Crippen LogP contribution in [-0.2, 0) is 28.3 Å². The van der Waals surface area contributed by atoms with Gasteiger partial charge in [0.1, 0.15) is 11.9 Å². The third kappa shape index (κ3) is 8.54. The van der Waals surface area contributed by atoms with E-state index in [1.54, 1.807) is 35.2 Å². The lowest BCUT2D eigenvalue weighted by Crippen LogP contribution is -2.51. The second-order valence-electron chi connectivity index (χ2n) is 8.37. The number of amides is 2. The first-order chi connectivity index (χ1) is 17.4. The lowest BCUT2D eigenvalue weighted by molar-refractivity contribution is -0.139. The van der Waals surface area contributed by atoms with Crippen LogP contribution in [0.5, 0.6) is 0 Å². The highest BCUT2D eigenvalue weighted by atomic mass is 35.5. The molecule has 36 heavy (non-hydrogen) atoms. The quantitative estimate of drug-likeness (QED) is 0.281. The Morgan fingerprint density at radius 2 is 1.72 bits per heavy atom. The molecule has 0 spiro atoms. The van der Waals surface area contributed by atoms with Crippen LogP contribution in [0.3, 0.4) is 0 Å². The minimum atomic E-state index is -0.718. The maximum Gasteiger partial charge on any atom is 0.243 e. The molecule has 1 unspecified atom stereocenters. The zero-order chi connectivity index (χ0) is 25.9. The highest BCUT2D eigenvalue weighted by molar-refractivity contribution is 7.99. The summed E-state index contributed by atoms with van der Waals surface area (Å²) in [5, 5.41) is 3.89. The normalized spacial score (nSPS) is 11.7. The number of thioether (sulfide) groups is 1. The molecule has 4 nitrogen and oxygen atoms in total. The second-order valence-corrected chi connectivity index (χ2v) is 10.2. The van der Waals surface area contributed by atoms with Crippen LogP contribution >= 0.6 is 35.0 Å². The Hall–Kier alpha value is -2.54. The first-order valence-corrected chi connectivity index (χ1v) is 13.7. The van der Waals surface area contributed by atoms with Gasteiger partial charge in [-0.2, -0.15) is 0 Å². The second kappa shape index (κ2) is 14.3. The largest absolute Gasteiger partial charge is 0.354 e. The van der Waals surface area contributed by atoms with Crippen LogP contribution < -0.4 is 5.32 Å². The van der Waals surface area contributed by atoms with Crippen LogP contribution in [0.25, 0.3) is 0 Å². The molecule has 1 N–H and O–H groups in total. The van der Waals surface area contributed by atoms with Crippen molar-refractivity contribution in [3.05, 3.63) is 105 Å². The van der Waals surface area contributed by atoms with E-state index in [2.05, 4.69) is 5.32 Å². The molecule has 0 aliphatic carbocycles. The van der Waals surface area contributed by atoms with Crippen LogP contribution in [0, 0.1) is 5.82 Å². The number of rotatable bonds is 12.